The van der Waals surface area contributed by atoms with Crippen molar-refractivity contribution in [2.24, 2.45) is 0 Å². The topological polar surface area (TPSA) is 51.2 Å². The summed E-state index contributed by atoms with van der Waals surface area (Å²) in [4.78, 5) is 15.3. The van der Waals surface area contributed by atoms with Gasteiger partial charge >= 0.3 is 6.09 Å². The molecule has 0 fully saturated rings. The zero-order valence-electron chi connectivity index (χ0n) is 11.4. The molecule has 1 rings (SSSR count). The van der Waals surface area contributed by atoms with Gasteiger partial charge in [0.2, 0.25) is 0 Å². The Morgan fingerprint density at radius 2 is 2.26 bits per heavy atom. The number of nitrogens with zero attached hydrogens (tertiary/aromatic N) is 1. The second-order valence-electron chi connectivity index (χ2n) is 5.02. The number of halogens is 1. The van der Waals surface area contributed by atoms with E-state index >= 15 is 0 Å². The molecule has 0 aliphatic rings. The molecule has 0 aromatic carbocycles. The van der Waals surface area contributed by atoms with Crippen molar-refractivity contribution >= 4 is 23.8 Å². The van der Waals surface area contributed by atoms with Crippen molar-refractivity contribution in [3.8, 4) is 0 Å². The van der Waals surface area contributed by atoms with Gasteiger partial charge in [0.15, 0.2) is 0 Å². The maximum absolute atomic E-state index is 11.4. The van der Waals surface area contributed by atoms with Gasteiger partial charge in [0.05, 0.1) is 5.02 Å². The summed E-state index contributed by atoms with van der Waals surface area (Å²) in [5, 5.41) is 3.34. The monoisotopic (exact) mass is 282 g/mol. The molecule has 1 aromatic heterocycles. The molecule has 0 spiro atoms. The smallest absolute Gasteiger partial charge is 0.407 e. The number of carbonyl (C=O) groups excluding carboxylic acids is 1. The number of rotatable bonds is 4. The maximum Gasteiger partial charge on any atom is 0.407 e. The molecule has 1 amide bonds. The molecule has 1 heterocycles. The fourth-order valence-electron chi connectivity index (χ4n) is 1.29. The van der Waals surface area contributed by atoms with Crippen LogP contribution in [0.1, 0.15) is 32.8 Å². The lowest BCUT2D eigenvalue weighted by molar-refractivity contribution is 0.0529. The quantitative estimate of drug-likeness (QED) is 0.858. The van der Waals surface area contributed by atoms with Crippen molar-refractivity contribution in [1.29, 1.82) is 0 Å². The van der Waals surface area contributed by atoms with Crippen LogP contribution in [0.3, 0.4) is 0 Å². The van der Waals surface area contributed by atoms with Crippen molar-refractivity contribution in [3.05, 3.63) is 35.1 Å². The van der Waals surface area contributed by atoms with Crippen LogP contribution in [-0.4, -0.2) is 23.2 Å². The molecule has 0 saturated carbocycles. The van der Waals surface area contributed by atoms with Gasteiger partial charge in [-0.1, -0.05) is 23.8 Å². The van der Waals surface area contributed by atoms with Crippen LogP contribution in [-0.2, 0) is 4.74 Å². The van der Waals surface area contributed by atoms with Crippen molar-refractivity contribution < 1.29 is 9.53 Å². The predicted molar refractivity (Wildman–Crippen MR) is 77.1 cm³/mol. The predicted octanol–water partition coefficient (Wildman–Crippen LogP) is 3.66. The number of pyridine rings is 1. The maximum atomic E-state index is 11.4. The van der Waals surface area contributed by atoms with E-state index in [2.05, 4.69) is 10.3 Å². The van der Waals surface area contributed by atoms with E-state index in [-0.39, 0.29) is 0 Å². The Bertz CT molecular complexity index is 453. The van der Waals surface area contributed by atoms with Crippen molar-refractivity contribution in [1.82, 2.24) is 10.3 Å². The summed E-state index contributed by atoms with van der Waals surface area (Å²) in [6, 6.07) is 1.74. The number of hydrogen-bond acceptors (Lipinski definition) is 3. The Balaban J connectivity index is 2.28. The van der Waals surface area contributed by atoms with Gasteiger partial charge < -0.3 is 10.1 Å². The molecular weight excluding hydrogens is 264 g/mol. The lowest BCUT2D eigenvalue weighted by atomic mass is 10.2. The third-order valence-corrected chi connectivity index (χ3v) is 2.42. The fourth-order valence-corrected chi connectivity index (χ4v) is 1.46. The highest BCUT2D eigenvalue weighted by molar-refractivity contribution is 6.32. The Kier molecular flexibility index (Phi) is 5.83. The lowest BCUT2D eigenvalue weighted by Crippen LogP contribution is -2.32. The van der Waals surface area contributed by atoms with Crippen LogP contribution in [0.4, 0.5) is 4.79 Å². The second kappa shape index (κ2) is 7.14. The molecule has 4 nitrogen and oxygen atoms in total. The molecule has 19 heavy (non-hydrogen) atoms. The number of ether oxygens (including phenoxy) is 1. The van der Waals surface area contributed by atoms with Crippen molar-refractivity contribution in [2.45, 2.75) is 32.8 Å². The van der Waals surface area contributed by atoms with Crippen LogP contribution >= 0.6 is 11.6 Å². The first kappa shape index (κ1) is 15.5. The number of nitrogens with one attached hydrogen (secondary N) is 1. The second-order valence-corrected chi connectivity index (χ2v) is 5.42. The summed E-state index contributed by atoms with van der Waals surface area (Å²) in [6.07, 6.45) is 7.45. The summed E-state index contributed by atoms with van der Waals surface area (Å²) in [5.74, 6) is 0. The average Bonchev–Trinajstić information content (AvgIpc) is 2.28. The third kappa shape index (κ3) is 6.82. The molecule has 0 bridgehead atoms. The fraction of sp³-hybridized carbons (Fsp3) is 0.429. The molecule has 1 N–H and O–H groups in total. The average molecular weight is 283 g/mol. The Morgan fingerprint density at radius 1 is 1.53 bits per heavy atom. The summed E-state index contributed by atoms with van der Waals surface area (Å²) in [5.41, 5.74) is 0.393. The first-order valence-corrected chi connectivity index (χ1v) is 6.49. The normalized spacial score (nSPS) is 11.6. The molecule has 104 valence electrons. The van der Waals surface area contributed by atoms with Crippen LogP contribution in [0.25, 0.3) is 6.08 Å². The van der Waals surface area contributed by atoms with Gasteiger partial charge in [-0.2, -0.15) is 0 Å². The van der Waals surface area contributed by atoms with E-state index < -0.39 is 11.7 Å². The summed E-state index contributed by atoms with van der Waals surface area (Å²) >= 11 is 5.98. The molecule has 0 unspecified atom stereocenters. The van der Waals surface area contributed by atoms with Gasteiger partial charge in [-0.3, -0.25) is 4.98 Å². The highest BCUT2D eigenvalue weighted by Gasteiger charge is 2.15. The van der Waals surface area contributed by atoms with Gasteiger partial charge in [-0.05, 0) is 33.3 Å². The summed E-state index contributed by atoms with van der Waals surface area (Å²) < 4.78 is 5.12. The minimum Gasteiger partial charge on any atom is -0.444 e. The van der Waals surface area contributed by atoms with E-state index in [9.17, 15) is 4.79 Å². The van der Waals surface area contributed by atoms with Gasteiger partial charge in [0, 0.05) is 24.5 Å². The zero-order valence-corrected chi connectivity index (χ0v) is 12.2. The Labute approximate surface area is 118 Å². The van der Waals surface area contributed by atoms with Gasteiger partial charge in [0.1, 0.15) is 5.60 Å². The largest absolute Gasteiger partial charge is 0.444 e. The SMILES string of the molecule is CC(C)(C)OC(=O)NCCC=Cc1cnccc1Cl. The molecule has 0 atom stereocenters. The molecule has 0 aliphatic carbocycles. The minimum atomic E-state index is -0.469. The summed E-state index contributed by atoms with van der Waals surface area (Å²) in [6.45, 7) is 6.01. The van der Waals surface area contributed by atoms with Crippen LogP contribution in [0.15, 0.2) is 24.5 Å². The highest BCUT2D eigenvalue weighted by Crippen LogP contribution is 2.14. The van der Waals surface area contributed by atoms with Crippen LogP contribution in [0.2, 0.25) is 5.02 Å². The highest BCUT2D eigenvalue weighted by atomic mass is 35.5. The minimum absolute atomic E-state index is 0.402. The van der Waals surface area contributed by atoms with E-state index in [1.54, 1.807) is 18.5 Å². The van der Waals surface area contributed by atoms with Crippen molar-refractivity contribution in [3.63, 3.8) is 0 Å². The molecule has 0 saturated heterocycles. The Morgan fingerprint density at radius 3 is 2.89 bits per heavy atom. The third-order valence-electron chi connectivity index (χ3n) is 2.07. The van der Waals surface area contributed by atoms with E-state index in [1.165, 1.54) is 0 Å². The molecule has 0 aliphatic heterocycles. The van der Waals surface area contributed by atoms with E-state index in [0.717, 1.165) is 5.56 Å². The Hall–Kier alpha value is -1.55. The van der Waals surface area contributed by atoms with Gasteiger partial charge in [0.25, 0.3) is 0 Å². The van der Waals surface area contributed by atoms with Crippen molar-refractivity contribution in [2.75, 3.05) is 6.54 Å². The molecule has 1 aromatic rings. The lowest BCUT2D eigenvalue weighted by Gasteiger charge is -2.19. The van der Waals surface area contributed by atoms with Crippen LogP contribution < -0.4 is 5.32 Å². The molecule has 5 heteroatoms. The number of carbonyl (C=O) groups is 1. The van der Waals surface area contributed by atoms with Crippen LogP contribution in [0, 0.1) is 0 Å². The van der Waals surface area contributed by atoms with Gasteiger partial charge in [-0.25, -0.2) is 4.79 Å². The number of amides is 1. The first-order valence-electron chi connectivity index (χ1n) is 6.11. The zero-order chi connectivity index (χ0) is 14.3. The first-order chi connectivity index (χ1) is 8.88. The van der Waals surface area contributed by atoms with Crippen LogP contribution in [0.5, 0.6) is 0 Å². The summed E-state index contributed by atoms with van der Waals surface area (Å²) in [7, 11) is 0. The number of aromatic nitrogens is 1. The van der Waals surface area contributed by atoms with E-state index in [1.807, 2.05) is 32.9 Å². The molecular formula is C14H19ClN2O2. The van der Waals surface area contributed by atoms with Gasteiger partial charge in [-0.15, -0.1) is 0 Å². The number of alkyl carbamates (subject to hydrolysis) is 1. The van der Waals surface area contributed by atoms with E-state index in [4.69, 9.17) is 16.3 Å². The molecule has 0 radical (unpaired) electrons. The number of hydrogen-bond donors (Lipinski definition) is 1. The standard InChI is InChI=1S/C14H19ClN2O2/c1-14(2,3)19-13(18)17-8-5-4-6-11-10-16-9-7-12(11)15/h4,6-7,9-10H,5,8H2,1-3H3,(H,17,18). The van der Waals surface area contributed by atoms with E-state index in [0.29, 0.717) is 18.0 Å².